The fourth-order valence-corrected chi connectivity index (χ4v) is 2.53. The maximum absolute atomic E-state index is 12.2. The van der Waals surface area contributed by atoms with Crippen molar-refractivity contribution in [3.63, 3.8) is 0 Å². The zero-order chi connectivity index (χ0) is 15.4. The predicted octanol–water partition coefficient (Wildman–Crippen LogP) is 2.15. The molecule has 6 nitrogen and oxygen atoms in total. The minimum Gasteiger partial charge on any atom is -0.372 e. The summed E-state index contributed by atoms with van der Waals surface area (Å²) in [4.78, 5) is 18.4. The van der Waals surface area contributed by atoms with Crippen LogP contribution in [-0.4, -0.2) is 46.2 Å². The van der Waals surface area contributed by atoms with E-state index in [0.29, 0.717) is 31.8 Å². The summed E-state index contributed by atoms with van der Waals surface area (Å²) in [5, 5.41) is 3.93. The van der Waals surface area contributed by atoms with Crippen LogP contribution in [0.1, 0.15) is 58.2 Å². The second-order valence-electron chi connectivity index (χ2n) is 6.11. The molecule has 1 amide bonds. The minimum atomic E-state index is 0.113. The smallest absolute Gasteiger partial charge is 0.226 e. The fraction of sp³-hybridized carbons (Fsp3) is 0.800. The Hall–Kier alpha value is -1.43. The van der Waals surface area contributed by atoms with Gasteiger partial charge in [-0.05, 0) is 20.3 Å². The molecule has 0 aliphatic carbocycles. The van der Waals surface area contributed by atoms with E-state index in [1.165, 1.54) is 0 Å². The van der Waals surface area contributed by atoms with Crippen LogP contribution in [0.4, 0.5) is 0 Å². The van der Waals surface area contributed by atoms with E-state index in [2.05, 4.69) is 10.1 Å². The van der Waals surface area contributed by atoms with Crippen LogP contribution in [0.25, 0.3) is 0 Å². The van der Waals surface area contributed by atoms with E-state index >= 15 is 0 Å². The number of carbonyl (C=O) groups is 1. The summed E-state index contributed by atoms with van der Waals surface area (Å²) < 4.78 is 10.8. The number of morpholine rings is 1. The van der Waals surface area contributed by atoms with Gasteiger partial charge in [-0.3, -0.25) is 4.79 Å². The maximum atomic E-state index is 12.2. The molecule has 118 valence electrons. The van der Waals surface area contributed by atoms with Gasteiger partial charge < -0.3 is 14.2 Å². The van der Waals surface area contributed by atoms with Gasteiger partial charge in [0.05, 0.1) is 12.2 Å². The zero-order valence-electron chi connectivity index (χ0n) is 13.3. The van der Waals surface area contributed by atoms with Crippen LogP contribution >= 0.6 is 0 Å². The fourth-order valence-electron chi connectivity index (χ4n) is 2.53. The third kappa shape index (κ3) is 4.52. The molecule has 0 radical (unpaired) electrons. The number of amides is 1. The lowest BCUT2D eigenvalue weighted by atomic mass is 10.1. The van der Waals surface area contributed by atoms with E-state index < -0.39 is 0 Å². The van der Waals surface area contributed by atoms with Gasteiger partial charge in [-0.25, -0.2) is 0 Å². The Morgan fingerprint density at radius 1 is 1.33 bits per heavy atom. The molecule has 6 heteroatoms. The van der Waals surface area contributed by atoms with Gasteiger partial charge in [0.25, 0.3) is 0 Å². The number of nitrogens with zero attached hydrogens (tertiary/aromatic N) is 3. The van der Waals surface area contributed by atoms with Gasteiger partial charge in [-0.15, -0.1) is 0 Å². The average Bonchev–Trinajstić information content (AvgIpc) is 2.86. The highest BCUT2D eigenvalue weighted by atomic mass is 16.5. The Morgan fingerprint density at radius 3 is 2.57 bits per heavy atom. The summed E-state index contributed by atoms with van der Waals surface area (Å²) in [5.74, 6) is 1.79. The van der Waals surface area contributed by atoms with Crippen LogP contribution in [0.5, 0.6) is 0 Å². The summed E-state index contributed by atoms with van der Waals surface area (Å²) >= 11 is 0. The first kappa shape index (κ1) is 15.9. The summed E-state index contributed by atoms with van der Waals surface area (Å²) in [6.45, 7) is 9.42. The summed E-state index contributed by atoms with van der Waals surface area (Å²) in [6.07, 6.45) is 2.13. The van der Waals surface area contributed by atoms with Crippen LogP contribution in [0.3, 0.4) is 0 Å². The molecule has 0 bridgehead atoms. The largest absolute Gasteiger partial charge is 0.372 e. The van der Waals surface area contributed by atoms with Crippen molar-refractivity contribution in [2.75, 3.05) is 13.1 Å². The highest BCUT2D eigenvalue weighted by molar-refractivity contribution is 5.76. The first-order valence-corrected chi connectivity index (χ1v) is 7.71. The highest BCUT2D eigenvalue weighted by Crippen LogP contribution is 2.14. The van der Waals surface area contributed by atoms with Crippen LogP contribution in [-0.2, 0) is 16.0 Å². The van der Waals surface area contributed by atoms with E-state index in [9.17, 15) is 4.79 Å². The van der Waals surface area contributed by atoms with Crippen LogP contribution in [0.15, 0.2) is 4.52 Å². The van der Waals surface area contributed by atoms with Crippen molar-refractivity contribution in [2.45, 2.75) is 65.1 Å². The van der Waals surface area contributed by atoms with Crippen LogP contribution < -0.4 is 0 Å². The van der Waals surface area contributed by atoms with Crippen molar-refractivity contribution < 1.29 is 14.1 Å². The molecule has 0 saturated carbocycles. The van der Waals surface area contributed by atoms with Crippen molar-refractivity contribution in [1.82, 2.24) is 15.0 Å². The van der Waals surface area contributed by atoms with Crippen molar-refractivity contribution in [1.29, 1.82) is 0 Å². The number of carbonyl (C=O) groups excluding carboxylic acids is 1. The molecule has 0 unspecified atom stereocenters. The van der Waals surface area contributed by atoms with Gasteiger partial charge in [-0.2, -0.15) is 4.98 Å². The molecule has 0 N–H and O–H groups in total. The first-order valence-electron chi connectivity index (χ1n) is 7.71. The van der Waals surface area contributed by atoms with E-state index in [1.54, 1.807) is 0 Å². The molecular formula is C15H25N3O3. The number of aromatic nitrogens is 2. The van der Waals surface area contributed by atoms with E-state index in [4.69, 9.17) is 9.26 Å². The molecule has 2 rings (SSSR count). The predicted molar refractivity (Wildman–Crippen MR) is 77.9 cm³/mol. The second kappa shape index (κ2) is 7.02. The standard InChI is InChI=1S/C15H25N3O3/c1-10(2)15-16-13(21-17-15)6-5-7-14(19)18-8-11(3)20-12(4)9-18/h10-12H,5-9H2,1-4H3/t11-,12+. The lowest BCUT2D eigenvalue weighted by Crippen LogP contribution is -2.48. The normalized spacial score (nSPS) is 22.8. The summed E-state index contributed by atoms with van der Waals surface area (Å²) in [6, 6.07) is 0. The van der Waals surface area contributed by atoms with Gasteiger partial charge in [0.2, 0.25) is 11.8 Å². The SMILES string of the molecule is CC(C)c1noc(CCCC(=O)N2C[C@@H](C)O[C@@H](C)C2)n1. The van der Waals surface area contributed by atoms with Gasteiger partial charge >= 0.3 is 0 Å². The molecule has 1 fully saturated rings. The minimum absolute atomic E-state index is 0.113. The molecule has 0 aromatic carbocycles. The van der Waals surface area contributed by atoms with E-state index in [0.717, 1.165) is 12.2 Å². The third-order valence-electron chi connectivity index (χ3n) is 3.55. The summed E-state index contributed by atoms with van der Waals surface area (Å²) in [7, 11) is 0. The van der Waals surface area contributed by atoms with Crippen molar-refractivity contribution in [3.8, 4) is 0 Å². The Bertz CT molecular complexity index is 462. The third-order valence-corrected chi connectivity index (χ3v) is 3.55. The van der Waals surface area contributed by atoms with E-state index in [1.807, 2.05) is 32.6 Å². The number of rotatable bonds is 5. The molecule has 2 atom stereocenters. The highest BCUT2D eigenvalue weighted by Gasteiger charge is 2.25. The van der Waals surface area contributed by atoms with Gasteiger partial charge in [0.15, 0.2) is 5.82 Å². The zero-order valence-corrected chi connectivity index (χ0v) is 13.3. The van der Waals surface area contributed by atoms with Crippen molar-refractivity contribution in [3.05, 3.63) is 11.7 Å². The Morgan fingerprint density at radius 2 is 2.00 bits per heavy atom. The van der Waals surface area contributed by atoms with Crippen molar-refractivity contribution in [2.24, 2.45) is 0 Å². The average molecular weight is 295 g/mol. The Kier molecular flexibility index (Phi) is 5.33. The quantitative estimate of drug-likeness (QED) is 0.832. The molecule has 1 aromatic heterocycles. The molecule has 1 aliphatic rings. The van der Waals surface area contributed by atoms with Crippen LogP contribution in [0.2, 0.25) is 0 Å². The number of aryl methyl sites for hydroxylation is 1. The molecule has 1 aromatic rings. The second-order valence-corrected chi connectivity index (χ2v) is 6.11. The molecular weight excluding hydrogens is 270 g/mol. The summed E-state index contributed by atoms with van der Waals surface area (Å²) in [5.41, 5.74) is 0. The maximum Gasteiger partial charge on any atom is 0.226 e. The number of hydrogen-bond donors (Lipinski definition) is 0. The van der Waals surface area contributed by atoms with Crippen LogP contribution in [0, 0.1) is 0 Å². The number of hydrogen-bond acceptors (Lipinski definition) is 5. The molecule has 1 aliphatic heterocycles. The van der Waals surface area contributed by atoms with E-state index in [-0.39, 0.29) is 24.0 Å². The van der Waals surface area contributed by atoms with Crippen molar-refractivity contribution >= 4 is 5.91 Å². The molecule has 21 heavy (non-hydrogen) atoms. The topological polar surface area (TPSA) is 68.5 Å². The lowest BCUT2D eigenvalue weighted by molar-refractivity contribution is -0.143. The Balaban J connectivity index is 1.76. The lowest BCUT2D eigenvalue weighted by Gasteiger charge is -2.35. The monoisotopic (exact) mass is 295 g/mol. The van der Waals surface area contributed by atoms with Gasteiger partial charge in [-0.1, -0.05) is 19.0 Å². The molecule has 2 heterocycles. The Labute approximate surface area is 125 Å². The van der Waals surface area contributed by atoms with Gasteiger partial charge in [0.1, 0.15) is 0 Å². The first-order chi connectivity index (χ1) is 9.95. The number of ether oxygens (including phenoxy) is 1. The molecule has 1 saturated heterocycles. The molecule has 0 spiro atoms. The van der Waals surface area contributed by atoms with Gasteiger partial charge in [0, 0.05) is 31.8 Å².